The summed E-state index contributed by atoms with van der Waals surface area (Å²) in [6.07, 6.45) is 3.66. The lowest BCUT2D eigenvalue weighted by atomic mass is 10.2. The fraction of sp³-hybridized carbons (Fsp3) is 0.316. The molecule has 3 heterocycles. The molecule has 0 spiro atoms. The summed E-state index contributed by atoms with van der Waals surface area (Å²) >= 11 is 7.85. The number of carbonyl (C=O) groups excluding carboxylic acids is 1. The molecule has 0 aromatic carbocycles. The van der Waals surface area contributed by atoms with Crippen LogP contribution in [0.25, 0.3) is 27.7 Å². The van der Waals surface area contributed by atoms with Crippen LogP contribution < -0.4 is 5.56 Å². The van der Waals surface area contributed by atoms with E-state index in [1.54, 1.807) is 12.1 Å². The summed E-state index contributed by atoms with van der Waals surface area (Å²) in [7, 11) is 0. The molecular weight excluding hydrogens is 400 g/mol. The molecule has 0 bridgehead atoms. The van der Waals surface area contributed by atoms with Crippen molar-refractivity contribution in [2.45, 2.75) is 32.9 Å². The van der Waals surface area contributed by atoms with E-state index in [0.717, 1.165) is 16.1 Å². The zero-order chi connectivity index (χ0) is 20.5. The van der Waals surface area contributed by atoms with Gasteiger partial charge in [-0.1, -0.05) is 24.3 Å². The molecule has 28 heavy (non-hydrogen) atoms. The van der Waals surface area contributed by atoms with Gasteiger partial charge in [-0.05, 0) is 32.2 Å². The number of halogens is 1. The highest BCUT2D eigenvalue weighted by molar-refractivity contribution is 7.14. The van der Waals surface area contributed by atoms with Gasteiger partial charge >= 0.3 is 0 Å². The van der Waals surface area contributed by atoms with Crippen molar-refractivity contribution in [1.82, 2.24) is 19.6 Å². The van der Waals surface area contributed by atoms with Crippen molar-refractivity contribution in [2.75, 3.05) is 6.54 Å². The van der Waals surface area contributed by atoms with Crippen molar-refractivity contribution in [1.29, 1.82) is 0 Å². The average molecular weight is 421 g/mol. The number of amides is 1. The van der Waals surface area contributed by atoms with Crippen molar-refractivity contribution < 1.29 is 9.63 Å². The SMILES string of the molecule is C=Cc1c(-c2sccc2Cl)n(CCN(C=O)OC(C)(C)C)c2c(=O)[nH]cnc12. The first kappa shape index (κ1) is 20.3. The summed E-state index contributed by atoms with van der Waals surface area (Å²) in [6.45, 7) is 10.0. The van der Waals surface area contributed by atoms with E-state index in [2.05, 4.69) is 16.5 Å². The Hall–Kier alpha value is -2.42. The van der Waals surface area contributed by atoms with Crippen LogP contribution in [-0.2, 0) is 16.2 Å². The zero-order valence-electron chi connectivity index (χ0n) is 15.9. The topological polar surface area (TPSA) is 80.2 Å². The van der Waals surface area contributed by atoms with Gasteiger partial charge in [-0.2, -0.15) is 0 Å². The highest BCUT2D eigenvalue weighted by Gasteiger charge is 2.23. The fourth-order valence-corrected chi connectivity index (χ4v) is 4.22. The van der Waals surface area contributed by atoms with Gasteiger partial charge in [0, 0.05) is 12.1 Å². The third kappa shape index (κ3) is 3.89. The molecule has 0 unspecified atom stereocenters. The Balaban J connectivity index is 2.15. The maximum Gasteiger partial charge on any atom is 0.275 e. The van der Waals surface area contributed by atoms with Crippen molar-refractivity contribution in [3.8, 4) is 10.6 Å². The number of thiophene rings is 1. The quantitative estimate of drug-likeness (QED) is 0.463. The van der Waals surface area contributed by atoms with Crippen molar-refractivity contribution in [3.63, 3.8) is 0 Å². The second-order valence-electron chi connectivity index (χ2n) is 7.09. The van der Waals surface area contributed by atoms with Crippen LogP contribution in [0, 0.1) is 0 Å². The summed E-state index contributed by atoms with van der Waals surface area (Å²) in [5, 5.41) is 3.68. The molecule has 0 aliphatic rings. The third-order valence-corrected chi connectivity index (χ3v) is 5.32. The number of carbonyl (C=O) groups is 1. The van der Waals surface area contributed by atoms with Crippen molar-refractivity contribution in [3.05, 3.63) is 45.3 Å². The Bertz CT molecular complexity index is 1080. The molecule has 9 heteroatoms. The van der Waals surface area contributed by atoms with Crippen molar-refractivity contribution in [2.24, 2.45) is 0 Å². The molecular formula is C19H21ClN4O3S. The van der Waals surface area contributed by atoms with Gasteiger partial charge in [0.2, 0.25) is 6.41 Å². The summed E-state index contributed by atoms with van der Waals surface area (Å²) in [5.41, 5.74) is 1.60. The van der Waals surface area contributed by atoms with Crippen LogP contribution in [0.2, 0.25) is 5.02 Å². The number of nitrogens with one attached hydrogen (secondary N) is 1. The average Bonchev–Trinajstić information content (AvgIpc) is 3.18. The Morgan fingerprint density at radius 2 is 2.21 bits per heavy atom. The Morgan fingerprint density at radius 1 is 1.46 bits per heavy atom. The number of hydrogen-bond acceptors (Lipinski definition) is 5. The molecule has 1 amide bonds. The van der Waals surface area contributed by atoms with Crippen molar-refractivity contribution >= 4 is 46.5 Å². The molecule has 0 saturated heterocycles. The lowest BCUT2D eigenvalue weighted by molar-refractivity contribution is -0.216. The number of aromatic amines is 1. The van der Waals surface area contributed by atoms with Crippen LogP contribution in [0.15, 0.2) is 29.1 Å². The second-order valence-corrected chi connectivity index (χ2v) is 8.42. The van der Waals surface area contributed by atoms with E-state index in [1.807, 2.05) is 30.7 Å². The molecule has 0 fully saturated rings. The molecule has 0 saturated carbocycles. The van der Waals surface area contributed by atoms with E-state index in [1.165, 1.54) is 22.7 Å². The number of fused-ring (bicyclic) bond motifs is 1. The zero-order valence-corrected chi connectivity index (χ0v) is 17.4. The van der Waals surface area contributed by atoms with E-state index in [4.69, 9.17) is 16.4 Å². The Kier molecular flexibility index (Phi) is 5.74. The van der Waals surface area contributed by atoms with E-state index < -0.39 is 5.60 Å². The predicted molar refractivity (Wildman–Crippen MR) is 112 cm³/mol. The minimum atomic E-state index is -0.523. The minimum Gasteiger partial charge on any atom is -0.332 e. The molecule has 0 radical (unpaired) electrons. The normalized spacial score (nSPS) is 11.7. The number of aromatic nitrogens is 3. The van der Waals surface area contributed by atoms with Crippen LogP contribution in [0.5, 0.6) is 0 Å². The Labute approximate surface area is 171 Å². The minimum absolute atomic E-state index is 0.242. The van der Waals surface area contributed by atoms with E-state index in [0.29, 0.717) is 29.0 Å². The first-order valence-electron chi connectivity index (χ1n) is 8.63. The predicted octanol–water partition coefficient (Wildman–Crippen LogP) is 3.94. The van der Waals surface area contributed by atoms with Crippen LogP contribution >= 0.6 is 22.9 Å². The molecule has 3 aromatic heterocycles. The fourth-order valence-electron chi connectivity index (χ4n) is 3.00. The van der Waals surface area contributed by atoms with Crippen LogP contribution in [-0.4, -0.2) is 38.2 Å². The number of H-pyrrole nitrogens is 1. The molecule has 3 aromatic rings. The molecule has 7 nitrogen and oxygen atoms in total. The first-order chi connectivity index (χ1) is 13.3. The maximum absolute atomic E-state index is 12.6. The van der Waals surface area contributed by atoms with Gasteiger partial charge in [-0.25, -0.2) is 10.0 Å². The van der Waals surface area contributed by atoms with E-state index in [-0.39, 0.29) is 12.1 Å². The summed E-state index contributed by atoms with van der Waals surface area (Å²) < 4.78 is 1.82. The second kappa shape index (κ2) is 7.90. The van der Waals surface area contributed by atoms with E-state index in [9.17, 15) is 9.59 Å². The maximum atomic E-state index is 12.6. The number of hydrogen-bond donors (Lipinski definition) is 1. The standard InChI is InChI=1S/C19H21ClN4O3S/c1-5-12-14-16(18(26)22-10-21-14)24(15(12)17-13(20)6-9-28-17)8-7-23(11-25)27-19(2,3)4/h5-6,9-11H,1,7-8H2,2-4H3,(H,21,22,26). The van der Waals surface area contributed by atoms with Crippen LogP contribution in [0.4, 0.5) is 0 Å². The molecule has 148 valence electrons. The van der Waals surface area contributed by atoms with Gasteiger partial charge < -0.3 is 9.55 Å². The van der Waals surface area contributed by atoms with Crippen LogP contribution in [0.3, 0.4) is 0 Å². The van der Waals surface area contributed by atoms with Gasteiger partial charge in [0.15, 0.2) is 0 Å². The van der Waals surface area contributed by atoms with Gasteiger partial charge in [-0.3, -0.25) is 14.4 Å². The number of rotatable bonds is 7. The molecule has 3 rings (SSSR count). The van der Waals surface area contributed by atoms with Gasteiger partial charge in [0.1, 0.15) is 11.0 Å². The lowest BCUT2D eigenvalue weighted by Crippen LogP contribution is -2.35. The van der Waals surface area contributed by atoms with E-state index >= 15 is 0 Å². The molecule has 0 atom stereocenters. The van der Waals surface area contributed by atoms with Gasteiger partial charge in [0.25, 0.3) is 5.56 Å². The summed E-state index contributed by atoms with van der Waals surface area (Å²) in [5.74, 6) is 0. The smallest absolute Gasteiger partial charge is 0.275 e. The Morgan fingerprint density at radius 3 is 2.79 bits per heavy atom. The first-order valence-corrected chi connectivity index (χ1v) is 9.89. The summed E-state index contributed by atoms with van der Waals surface area (Å²) in [6, 6.07) is 1.80. The van der Waals surface area contributed by atoms with Crippen LogP contribution in [0.1, 0.15) is 26.3 Å². The monoisotopic (exact) mass is 420 g/mol. The largest absolute Gasteiger partial charge is 0.332 e. The number of hydroxylamine groups is 2. The highest BCUT2D eigenvalue weighted by atomic mass is 35.5. The highest BCUT2D eigenvalue weighted by Crippen LogP contribution is 2.39. The van der Waals surface area contributed by atoms with Gasteiger partial charge in [0.05, 0.1) is 34.1 Å². The number of nitrogens with zero attached hydrogens (tertiary/aromatic N) is 3. The summed E-state index contributed by atoms with van der Waals surface area (Å²) in [4.78, 5) is 37.4. The molecule has 1 N–H and O–H groups in total. The molecule has 0 aliphatic heterocycles. The molecule has 0 aliphatic carbocycles. The third-order valence-electron chi connectivity index (χ3n) is 3.97. The van der Waals surface area contributed by atoms with Gasteiger partial charge in [-0.15, -0.1) is 11.3 Å². The lowest BCUT2D eigenvalue weighted by Gasteiger charge is -2.27.